The van der Waals surface area contributed by atoms with Crippen molar-refractivity contribution in [3.63, 3.8) is 0 Å². The lowest BCUT2D eigenvalue weighted by Crippen LogP contribution is -2.30. The summed E-state index contributed by atoms with van der Waals surface area (Å²) >= 11 is 0. The molecule has 0 aliphatic rings. The SMILES string of the molecule is C=CC(C)(C#Cc1ccccc1)OC(=O)COc1c(C)cc(-[s+]2c(C)cc(C)c2C)cc1C. The molecule has 0 saturated heterocycles. The van der Waals surface area contributed by atoms with E-state index in [9.17, 15) is 4.79 Å². The number of benzene rings is 2. The van der Waals surface area contributed by atoms with Crippen LogP contribution in [0, 0.1) is 46.5 Å². The van der Waals surface area contributed by atoms with Gasteiger partial charge in [-0.1, -0.05) is 30.7 Å². The molecule has 0 amide bonds. The number of carbonyl (C=O) groups excluding carboxylic acids is 1. The number of hydrogen-bond acceptors (Lipinski definition) is 3. The number of esters is 1. The molecule has 3 aromatic rings. The van der Waals surface area contributed by atoms with Crippen LogP contribution in [0.25, 0.3) is 4.90 Å². The van der Waals surface area contributed by atoms with Gasteiger partial charge in [0.2, 0.25) is 0 Å². The zero-order chi connectivity index (χ0) is 24.2. The molecule has 0 aliphatic heterocycles. The van der Waals surface area contributed by atoms with Crippen molar-refractivity contribution in [1.29, 1.82) is 0 Å². The Morgan fingerprint density at radius 3 is 2.21 bits per heavy atom. The van der Waals surface area contributed by atoms with Crippen LogP contribution in [-0.2, 0) is 9.53 Å². The quantitative estimate of drug-likeness (QED) is 0.174. The lowest BCUT2D eigenvalue weighted by Gasteiger charge is -2.20. The zero-order valence-corrected chi connectivity index (χ0v) is 21.1. The standard InChI is InChI=1S/C29H31O3S/c1-8-29(7,15-14-25-12-10-9-11-13-25)32-27(30)19-31-28-21(3)17-26(18-22(28)4)33-23(5)16-20(2)24(33)6/h8-13,16-18H,1,19H2,2-7H3/q+1. The average molecular weight is 460 g/mol. The first-order valence-corrected chi connectivity index (χ1v) is 12.1. The summed E-state index contributed by atoms with van der Waals surface area (Å²) in [6, 6.07) is 16.1. The normalized spacial score (nSPS) is 12.8. The van der Waals surface area contributed by atoms with Gasteiger partial charge in [-0.3, -0.25) is 0 Å². The van der Waals surface area contributed by atoms with Gasteiger partial charge in [0.1, 0.15) is 5.75 Å². The van der Waals surface area contributed by atoms with E-state index in [0.717, 1.165) is 16.7 Å². The van der Waals surface area contributed by atoms with Crippen LogP contribution in [0.15, 0.2) is 61.2 Å². The Kier molecular flexibility index (Phi) is 7.46. The van der Waals surface area contributed by atoms with E-state index in [4.69, 9.17) is 9.47 Å². The Morgan fingerprint density at radius 2 is 1.67 bits per heavy atom. The summed E-state index contributed by atoms with van der Waals surface area (Å²) in [6.45, 7) is 15.9. The minimum atomic E-state index is -1.10. The fraction of sp³-hybridized carbons (Fsp3) is 0.276. The van der Waals surface area contributed by atoms with Crippen molar-refractivity contribution >= 4 is 16.4 Å². The molecule has 3 nitrogen and oxygen atoms in total. The molecule has 1 heterocycles. The fourth-order valence-electron chi connectivity index (χ4n) is 3.72. The van der Waals surface area contributed by atoms with Crippen LogP contribution in [0.3, 0.4) is 0 Å². The van der Waals surface area contributed by atoms with Crippen LogP contribution in [0.2, 0.25) is 0 Å². The van der Waals surface area contributed by atoms with Crippen molar-refractivity contribution in [2.75, 3.05) is 6.61 Å². The molecule has 2 aromatic carbocycles. The predicted molar refractivity (Wildman–Crippen MR) is 137 cm³/mol. The second-order valence-electron chi connectivity index (χ2n) is 8.38. The molecule has 2 unspecified atom stereocenters. The summed E-state index contributed by atoms with van der Waals surface area (Å²) in [5, 5.41) is 0. The maximum Gasteiger partial charge on any atom is 0.345 e. The van der Waals surface area contributed by atoms with Gasteiger partial charge in [0.25, 0.3) is 0 Å². The minimum absolute atomic E-state index is 0.0175. The van der Waals surface area contributed by atoms with Gasteiger partial charge in [0, 0.05) is 53.6 Å². The maximum atomic E-state index is 12.5. The van der Waals surface area contributed by atoms with E-state index < -0.39 is 11.6 Å². The van der Waals surface area contributed by atoms with Gasteiger partial charge in [-0.2, -0.15) is 0 Å². The lowest BCUT2D eigenvalue weighted by atomic mass is 10.1. The van der Waals surface area contributed by atoms with Crippen LogP contribution in [0.4, 0.5) is 0 Å². The molecule has 0 radical (unpaired) electrons. The highest BCUT2D eigenvalue weighted by molar-refractivity contribution is 7.40. The maximum absolute atomic E-state index is 12.5. The van der Waals surface area contributed by atoms with Crippen molar-refractivity contribution in [2.24, 2.45) is 0 Å². The highest BCUT2D eigenvalue weighted by atomic mass is 32.2. The molecular formula is C29H31O3S+. The number of hydrogen-bond donors (Lipinski definition) is 0. The molecule has 2 atom stereocenters. The van der Waals surface area contributed by atoms with E-state index in [2.05, 4.69) is 57.4 Å². The first kappa shape index (κ1) is 24.4. The summed E-state index contributed by atoms with van der Waals surface area (Å²) in [5.41, 5.74) is 3.10. The largest absolute Gasteiger partial charge is 0.481 e. The summed E-state index contributed by atoms with van der Waals surface area (Å²) < 4.78 is 11.5. The molecule has 1 aromatic heterocycles. The van der Waals surface area contributed by atoms with Gasteiger partial charge >= 0.3 is 5.97 Å². The summed E-state index contributed by atoms with van der Waals surface area (Å²) in [7, 11) is -0.0175. The van der Waals surface area contributed by atoms with E-state index in [1.807, 2.05) is 44.2 Å². The van der Waals surface area contributed by atoms with E-state index >= 15 is 0 Å². The Morgan fingerprint density at radius 1 is 1.03 bits per heavy atom. The van der Waals surface area contributed by atoms with Crippen LogP contribution >= 0.6 is 10.5 Å². The second kappa shape index (κ2) is 10.1. The summed E-state index contributed by atoms with van der Waals surface area (Å²) in [5.74, 6) is 6.24. The van der Waals surface area contributed by atoms with Crippen molar-refractivity contribution in [3.8, 4) is 22.5 Å². The lowest BCUT2D eigenvalue weighted by molar-refractivity contribution is -0.152. The van der Waals surface area contributed by atoms with Gasteiger partial charge < -0.3 is 9.47 Å². The predicted octanol–water partition coefficient (Wildman–Crippen LogP) is 6.89. The molecule has 0 saturated carbocycles. The Hall–Kier alpha value is -3.29. The molecule has 0 bridgehead atoms. The second-order valence-corrected chi connectivity index (χ2v) is 10.7. The third kappa shape index (κ3) is 5.74. The third-order valence-corrected chi connectivity index (χ3v) is 7.95. The minimum Gasteiger partial charge on any atom is -0.481 e. The summed E-state index contributed by atoms with van der Waals surface area (Å²) in [4.78, 5) is 16.6. The fourth-order valence-corrected chi connectivity index (χ4v) is 6.19. The molecular weight excluding hydrogens is 428 g/mol. The van der Waals surface area contributed by atoms with Crippen molar-refractivity contribution in [3.05, 3.63) is 93.2 Å². The van der Waals surface area contributed by atoms with Gasteiger partial charge in [0.05, 0.1) is 0 Å². The van der Waals surface area contributed by atoms with Crippen molar-refractivity contribution < 1.29 is 14.3 Å². The van der Waals surface area contributed by atoms with Gasteiger partial charge in [-0.05, 0) is 63.0 Å². The van der Waals surface area contributed by atoms with Gasteiger partial charge in [-0.15, -0.1) is 0 Å². The molecule has 4 heteroatoms. The molecule has 33 heavy (non-hydrogen) atoms. The molecule has 0 aliphatic carbocycles. The van der Waals surface area contributed by atoms with Gasteiger partial charge in [0.15, 0.2) is 26.9 Å². The number of aryl methyl sites for hydroxylation is 4. The van der Waals surface area contributed by atoms with Crippen LogP contribution in [0.5, 0.6) is 5.75 Å². The third-order valence-electron chi connectivity index (χ3n) is 5.55. The van der Waals surface area contributed by atoms with Gasteiger partial charge in [-0.25, -0.2) is 4.79 Å². The monoisotopic (exact) mass is 459 g/mol. The first-order chi connectivity index (χ1) is 15.6. The topological polar surface area (TPSA) is 35.5 Å². The van der Waals surface area contributed by atoms with Crippen LogP contribution in [0.1, 0.15) is 38.9 Å². The van der Waals surface area contributed by atoms with Crippen LogP contribution < -0.4 is 4.74 Å². The molecule has 0 N–H and O–H groups in total. The Labute approximate surface area is 200 Å². The number of ether oxygens (including phenoxy) is 2. The van der Waals surface area contributed by atoms with E-state index in [1.54, 1.807) is 6.92 Å². The van der Waals surface area contributed by atoms with Crippen LogP contribution in [-0.4, -0.2) is 18.2 Å². The molecule has 170 valence electrons. The van der Waals surface area contributed by atoms with E-state index in [0.29, 0.717) is 5.75 Å². The van der Waals surface area contributed by atoms with Crippen molar-refractivity contribution in [2.45, 2.75) is 47.1 Å². The number of rotatable bonds is 6. The number of thiophene rings is 1. The van der Waals surface area contributed by atoms with Crippen molar-refractivity contribution in [1.82, 2.24) is 0 Å². The smallest absolute Gasteiger partial charge is 0.345 e. The van der Waals surface area contributed by atoms with E-state index in [-0.39, 0.29) is 17.1 Å². The molecule has 3 rings (SSSR count). The average Bonchev–Trinajstić information content (AvgIpc) is 3.03. The molecule has 0 spiro atoms. The highest BCUT2D eigenvalue weighted by Gasteiger charge is 2.25. The summed E-state index contributed by atoms with van der Waals surface area (Å²) in [6.07, 6.45) is 1.53. The first-order valence-electron chi connectivity index (χ1n) is 10.9. The molecule has 0 fully saturated rings. The van der Waals surface area contributed by atoms with E-state index in [1.165, 1.54) is 26.3 Å². The highest BCUT2D eigenvalue weighted by Crippen LogP contribution is 2.43. The Balaban J connectivity index is 1.72. The Bertz CT molecular complexity index is 1220. The zero-order valence-electron chi connectivity index (χ0n) is 20.2. The number of carbonyl (C=O) groups is 1.